The quantitative estimate of drug-likeness (QED) is 0.831. The molecule has 1 aromatic heterocycles. The highest BCUT2D eigenvalue weighted by Crippen LogP contribution is 2.30. The van der Waals surface area contributed by atoms with Gasteiger partial charge in [-0.05, 0) is 74.8 Å². The molecule has 1 fully saturated rings. The van der Waals surface area contributed by atoms with Gasteiger partial charge in [-0.25, -0.2) is 0 Å². The molecule has 0 spiro atoms. The van der Waals surface area contributed by atoms with Gasteiger partial charge in [-0.15, -0.1) is 0 Å². The van der Waals surface area contributed by atoms with Gasteiger partial charge in [-0.3, -0.25) is 9.48 Å². The molecule has 0 saturated heterocycles. The number of aryl methyl sites for hydroxylation is 3. The third kappa shape index (κ3) is 3.06. The van der Waals surface area contributed by atoms with Gasteiger partial charge in [0.15, 0.2) is 0 Å². The van der Waals surface area contributed by atoms with Gasteiger partial charge in [-0.2, -0.15) is 5.10 Å². The van der Waals surface area contributed by atoms with Gasteiger partial charge < -0.3 is 4.90 Å². The Morgan fingerprint density at radius 1 is 1.15 bits per heavy atom. The van der Waals surface area contributed by atoms with Crippen LogP contribution in [0, 0.1) is 13.8 Å². The highest BCUT2D eigenvalue weighted by molar-refractivity contribution is 5.94. The number of hydrogen-bond acceptors (Lipinski definition) is 2. The van der Waals surface area contributed by atoms with Crippen LogP contribution in [0.4, 0.5) is 0 Å². The van der Waals surface area contributed by atoms with Crippen LogP contribution < -0.4 is 0 Å². The summed E-state index contributed by atoms with van der Waals surface area (Å²) in [4.78, 5) is 15.5. The number of rotatable bonds is 4. The van der Waals surface area contributed by atoms with Crippen LogP contribution in [0.25, 0.3) is 0 Å². The largest absolute Gasteiger partial charge is 0.330 e. The van der Waals surface area contributed by atoms with Gasteiger partial charge in [0, 0.05) is 24.3 Å². The number of aromatic nitrogens is 2. The number of hydrogen-bond donors (Lipinski definition) is 0. The molecule has 4 heteroatoms. The highest BCUT2D eigenvalue weighted by atomic mass is 16.2. The molecule has 0 unspecified atom stereocenters. The Kier molecular flexibility index (Phi) is 4.60. The van der Waals surface area contributed by atoms with Crippen molar-refractivity contribution in [2.75, 3.05) is 0 Å². The topological polar surface area (TPSA) is 38.1 Å². The van der Waals surface area contributed by atoms with E-state index in [0.29, 0.717) is 12.6 Å². The molecule has 0 atom stereocenters. The summed E-state index contributed by atoms with van der Waals surface area (Å²) >= 11 is 0. The lowest BCUT2D eigenvalue weighted by Gasteiger charge is -2.29. The molecule has 2 aliphatic carbocycles. The average Bonchev–Trinajstić information content (AvgIpc) is 3.35. The van der Waals surface area contributed by atoms with Gasteiger partial charge in [0.05, 0.1) is 12.2 Å². The van der Waals surface area contributed by atoms with Crippen molar-refractivity contribution < 1.29 is 4.79 Å². The summed E-state index contributed by atoms with van der Waals surface area (Å²) in [5, 5.41) is 4.77. The molecule has 4 rings (SSSR count). The molecule has 4 nitrogen and oxygen atoms in total. The standard InChI is InChI=1S/C22H29N3O/c1-15-11-12-17(13-16(15)2)22(26)25(18-7-4-5-8-18)14-20-19-9-6-10-21(19)24(3)23-20/h11-13,18H,4-10,14H2,1-3H3. The van der Waals surface area contributed by atoms with Crippen LogP contribution in [0.5, 0.6) is 0 Å². The van der Waals surface area contributed by atoms with E-state index >= 15 is 0 Å². The van der Waals surface area contributed by atoms with Crippen molar-refractivity contribution in [3.8, 4) is 0 Å². The van der Waals surface area contributed by atoms with Crippen LogP contribution in [-0.2, 0) is 26.4 Å². The number of carbonyl (C=O) groups excluding carboxylic acids is 1. The van der Waals surface area contributed by atoms with Crippen LogP contribution in [0.2, 0.25) is 0 Å². The molecular formula is C22H29N3O. The van der Waals surface area contributed by atoms with Gasteiger partial charge in [0.2, 0.25) is 0 Å². The first-order valence-electron chi connectivity index (χ1n) is 9.96. The van der Waals surface area contributed by atoms with Gasteiger partial charge in [0.25, 0.3) is 5.91 Å². The molecule has 1 aromatic carbocycles. The molecular weight excluding hydrogens is 322 g/mol. The molecule has 0 radical (unpaired) electrons. The molecule has 1 amide bonds. The second-order valence-corrected chi connectivity index (χ2v) is 8.02. The summed E-state index contributed by atoms with van der Waals surface area (Å²) in [5.41, 5.74) is 7.10. The number of carbonyl (C=O) groups is 1. The van der Waals surface area contributed by atoms with E-state index in [4.69, 9.17) is 5.10 Å². The first-order chi connectivity index (χ1) is 12.5. The van der Waals surface area contributed by atoms with Crippen LogP contribution in [0.1, 0.15) is 70.5 Å². The maximum atomic E-state index is 13.4. The fraction of sp³-hybridized carbons (Fsp3) is 0.545. The van der Waals surface area contributed by atoms with Crippen LogP contribution in [0.3, 0.4) is 0 Å². The van der Waals surface area contributed by atoms with Gasteiger partial charge in [0.1, 0.15) is 0 Å². The summed E-state index contributed by atoms with van der Waals surface area (Å²) in [7, 11) is 2.04. The monoisotopic (exact) mass is 351 g/mol. The van der Waals surface area contributed by atoms with Crippen molar-refractivity contribution in [1.29, 1.82) is 0 Å². The summed E-state index contributed by atoms with van der Waals surface area (Å²) < 4.78 is 2.03. The number of amides is 1. The third-order valence-electron chi connectivity index (χ3n) is 6.30. The first-order valence-corrected chi connectivity index (χ1v) is 9.96. The molecule has 138 valence electrons. The first kappa shape index (κ1) is 17.3. The molecule has 0 N–H and O–H groups in total. The zero-order valence-corrected chi connectivity index (χ0v) is 16.2. The van der Waals surface area contributed by atoms with E-state index < -0.39 is 0 Å². The molecule has 0 bridgehead atoms. The molecule has 1 saturated carbocycles. The van der Waals surface area contributed by atoms with Gasteiger partial charge in [-0.1, -0.05) is 18.9 Å². The van der Waals surface area contributed by atoms with Crippen molar-refractivity contribution in [3.63, 3.8) is 0 Å². The SMILES string of the molecule is Cc1ccc(C(=O)N(Cc2nn(C)c3c2CCC3)C2CCCC2)cc1C. The molecule has 2 aromatic rings. The van der Waals surface area contributed by atoms with E-state index in [-0.39, 0.29) is 5.91 Å². The van der Waals surface area contributed by atoms with Crippen molar-refractivity contribution >= 4 is 5.91 Å². The lowest BCUT2D eigenvalue weighted by Crippen LogP contribution is -2.38. The Morgan fingerprint density at radius 2 is 1.92 bits per heavy atom. The summed E-state index contributed by atoms with van der Waals surface area (Å²) in [6, 6.07) is 6.44. The Bertz CT molecular complexity index is 830. The predicted molar refractivity (Wildman–Crippen MR) is 103 cm³/mol. The Labute approximate surface area is 156 Å². The second kappa shape index (κ2) is 6.90. The molecule has 0 aliphatic heterocycles. The van der Waals surface area contributed by atoms with Crippen LogP contribution in [0.15, 0.2) is 18.2 Å². The number of nitrogens with zero attached hydrogens (tertiary/aromatic N) is 3. The highest BCUT2D eigenvalue weighted by Gasteiger charge is 2.30. The zero-order valence-electron chi connectivity index (χ0n) is 16.2. The molecule has 26 heavy (non-hydrogen) atoms. The normalized spacial score (nSPS) is 16.9. The third-order valence-corrected chi connectivity index (χ3v) is 6.30. The summed E-state index contributed by atoms with van der Waals surface area (Å²) in [6.45, 7) is 4.83. The zero-order chi connectivity index (χ0) is 18.3. The molecule has 2 aliphatic rings. The van der Waals surface area contributed by atoms with E-state index in [9.17, 15) is 4.79 Å². The van der Waals surface area contributed by atoms with E-state index in [1.54, 1.807) is 0 Å². The lowest BCUT2D eigenvalue weighted by molar-refractivity contribution is 0.0661. The Balaban J connectivity index is 1.65. The summed E-state index contributed by atoms with van der Waals surface area (Å²) in [5.74, 6) is 0.164. The minimum Gasteiger partial charge on any atom is -0.330 e. The van der Waals surface area contributed by atoms with Crippen molar-refractivity contribution in [2.45, 2.75) is 71.4 Å². The minimum absolute atomic E-state index is 0.164. The Morgan fingerprint density at radius 3 is 2.65 bits per heavy atom. The maximum Gasteiger partial charge on any atom is 0.254 e. The fourth-order valence-corrected chi connectivity index (χ4v) is 4.61. The second-order valence-electron chi connectivity index (χ2n) is 8.02. The van der Waals surface area contributed by atoms with Crippen molar-refractivity contribution in [3.05, 3.63) is 51.8 Å². The smallest absolute Gasteiger partial charge is 0.254 e. The van der Waals surface area contributed by atoms with E-state index in [1.807, 2.05) is 23.9 Å². The number of benzene rings is 1. The fourth-order valence-electron chi connectivity index (χ4n) is 4.61. The molecule has 1 heterocycles. The van der Waals surface area contributed by atoms with Crippen LogP contribution in [-0.4, -0.2) is 26.6 Å². The van der Waals surface area contributed by atoms with Crippen LogP contribution >= 0.6 is 0 Å². The lowest BCUT2D eigenvalue weighted by atomic mass is 10.0. The number of fused-ring (bicyclic) bond motifs is 1. The van der Waals surface area contributed by atoms with E-state index in [1.165, 1.54) is 41.6 Å². The van der Waals surface area contributed by atoms with Gasteiger partial charge >= 0.3 is 0 Å². The maximum absolute atomic E-state index is 13.4. The summed E-state index contributed by atoms with van der Waals surface area (Å²) in [6.07, 6.45) is 8.12. The van der Waals surface area contributed by atoms with Crippen molar-refractivity contribution in [1.82, 2.24) is 14.7 Å². The minimum atomic E-state index is 0.164. The average molecular weight is 351 g/mol. The predicted octanol–water partition coefficient (Wildman–Crippen LogP) is 4.11. The van der Waals surface area contributed by atoms with Crippen molar-refractivity contribution in [2.24, 2.45) is 7.05 Å². The van der Waals surface area contributed by atoms with E-state index in [2.05, 4.69) is 24.8 Å². The Hall–Kier alpha value is -2.10. The van der Waals surface area contributed by atoms with E-state index in [0.717, 1.165) is 36.9 Å².